The Kier molecular flexibility index (Phi) is 6.71. The number of aryl methyl sites for hydroxylation is 1. The second-order valence-electron chi connectivity index (χ2n) is 7.14. The van der Waals surface area contributed by atoms with E-state index in [9.17, 15) is 20.2 Å². The zero-order valence-corrected chi connectivity index (χ0v) is 18.0. The molecule has 0 atom stereocenters. The molecule has 1 N–H and O–H groups in total. The minimum Gasteiger partial charge on any atom is -0.497 e. The number of nitro benzene ring substituents is 1. The van der Waals surface area contributed by atoms with Gasteiger partial charge in [-0.1, -0.05) is 18.2 Å². The van der Waals surface area contributed by atoms with Crippen LogP contribution in [0.25, 0.3) is 11.8 Å². The molecule has 162 valence electrons. The van der Waals surface area contributed by atoms with Crippen molar-refractivity contribution in [1.29, 1.82) is 5.26 Å². The van der Waals surface area contributed by atoms with Gasteiger partial charge in [-0.15, -0.1) is 0 Å². The van der Waals surface area contributed by atoms with Gasteiger partial charge in [0.15, 0.2) is 0 Å². The molecular weight excluding hydrogens is 408 g/mol. The number of nitriles is 1. The predicted octanol–water partition coefficient (Wildman–Crippen LogP) is 4.23. The summed E-state index contributed by atoms with van der Waals surface area (Å²) in [5.74, 6) is 0.236. The lowest BCUT2D eigenvalue weighted by Gasteiger charge is -2.09. The molecule has 1 amide bonds. The van der Waals surface area contributed by atoms with E-state index in [-0.39, 0.29) is 17.8 Å². The van der Waals surface area contributed by atoms with Crippen molar-refractivity contribution in [2.24, 2.45) is 0 Å². The number of benzene rings is 2. The van der Waals surface area contributed by atoms with Crippen molar-refractivity contribution in [3.8, 4) is 17.5 Å². The fourth-order valence-electron chi connectivity index (χ4n) is 3.40. The number of hydrogen-bond donors (Lipinski definition) is 1. The number of nitrogens with zero attached hydrogens (tertiary/aromatic N) is 3. The molecule has 3 rings (SSSR count). The molecular formula is C24H22N4O4. The smallest absolute Gasteiger partial charge is 0.271 e. The van der Waals surface area contributed by atoms with Crippen LogP contribution in [0.15, 0.2) is 60.2 Å². The average Bonchev–Trinajstić information content (AvgIpc) is 3.08. The Morgan fingerprint density at radius 3 is 2.56 bits per heavy atom. The summed E-state index contributed by atoms with van der Waals surface area (Å²) in [5.41, 5.74) is 3.74. The quantitative estimate of drug-likeness (QED) is 0.261. The van der Waals surface area contributed by atoms with Crippen LogP contribution in [0.4, 0.5) is 5.69 Å². The van der Waals surface area contributed by atoms with E-state index in [4.69, 9.17) is 4.74 Å². The van der Waals surface area contributed by atoms with Crippen molar-refractivity contribution in [2.75, 3.05) is 7.11 Å². The first-order valence-electron chi connectivity index (χ1n) is 9.80. The number of non-ortho nitro benzene ring substituents is 1. The summed E-state index contributed by atoms with van der Waals surface area (Å²) < 4.78 is 6.97. The summed E-state index contributed by atoms with van der Waals surface area (Å²) in [4.78, 5) is 23.2. The maximum Gasteiger partial charge on any atom is 0.271 e. The van der Waals surface area contributed by atoms with E-state index in [0.29, 0.717) is 11.3 Å². The standard InChI is InChI=1S/C24H22N4O4/c1-16-11-19(17(2)27(16)21-5-4-6-22(13-21)28(30)31)12-20(14-25)24(29)26-15-18-7-9-23(32-3)10-8-18/h4-13H,15H2,1-3H3,(H,26,29)/b20-12-. The number of nitro groups is 1. The number of nitrogens with one attached hydrogen (secondary N) is 1. The van der Waals surface area contributed by atoms with Gasteiger partial charge in [-0.05, 0) is 55.3 Å². The fraction of sp³-hybridized carbons (Fsp3) is 0.167. The number of amides is 1. The molecule has 8 heteroatoms. The van der Waals surface area contributed by atoms with Crippen LogP contribution in [0.2, 0.25) is 0 Å². The Morgan fingerprint density at radius 1 is 1.22 bits per heavy atom. The first kappa shape index (κ1) is 22.3. The lowest BCUT2D eigenvalue weighted by Crippen LogP contribution is -2.23. The minimum atomic E-state index is -0.483. The number of aromatic nitrogens is 1. The van der Waals surface area contributed by atoms with Gasteiger partial charge in [-0.2, -0.15) is 5.26 Å². The van der Waals surface area contributed by atoms with E-state index in [2.05, 4.69) is 5.32 Å². The number of carbonyl (C=O) groups is 1. The highest BCUT2D eigenvalue weighted by molar-refractivity contribution is 6.01. The van der Waals surface area contributed by atoms with Crippen LogP contribution in [0, 0.1) is 35.3 Å². The summed E-state index contributed by atoms with van der Waals surface area (Å²) in [6.45, 7) is 3.97. The van der Waals surface area contributed by atoms with E-state index in [1.807, 2.05) is 42.7 Å². The molecule has 0 spiro atoms. The third-order valence-electron chi connectivity index (χ3n) is 5.05. The molecule has 0 saturated heterocycles. The molecule has 1 aromatic heterocycles. The number of rotatable bonds is 7. The second kappa shape index (κ2) is 9.62. The Labute approximate surface area is 185 Å². The lowest BCUT2D eigenvalue weighted by atomic mass is 10.1. The molecule has 8 nitrogen and oxygen atoms in total. The van der Waals surface area contributed by atoms with Crippen molar-refractivity contribution in [1.82, 2.24) is 9.88 Å². The molecule has 32 heavy (non-hydrogen) atoms. The molecule has 0 saturated carbocycles. The predicted molar refractivity (Wildman–Crippen MR) is 120 cm³/mol. The summed E-state index contributed by atoms with van der Waals surface area (Å²) in [6.07, 6.45) is 1.53. The van der Waals surface area contributed by atoms with Gasteiger partial charge in [-0.3, -0.25) is 14.9 Å². The van der Waals surface area contributed by atoms with Gasteiger partial charge >= 0.3 is 0 Å². The molecule has 0 aliphatic carbocycles. The van der Waals surface area contributed by atoms with Crippen LogP contribution in [-0.4, -0.2) is 22.5 Å². The van der Waals surface area contributed by atoms with Gasteiger partial charge in [-0.25, -0.2) is 0 Å². The summed E-state index contributed by atoms with van der Waals surface area (Å²) in [7, 11) is 1.58. The Hall–Kier alpha value is -4.38. The van der Waals surface area contributed by atoms with E-state index in [0.717, 1.165) is 22.7 Å². The molecule has 1 heterocycles. The van der Waals surface area contributed by atoms with Crippen molar-refractivity contribution < 1.29 is 14.5 Å². The first-order valence-corrected chi connectivity index (χ1v) is 9.80. The SMILES string of the molecule is COc1ccc(CNC(=O)/C(C#N)=C\c2cc(C)n(-c3cccc([N+](=O)[O-])c3)c2C)cc1. The van der Waals surface area contributed by atoms with Gasteiger partial charge in [0.05, 0.1) is 17.7 Å². The Bertz CT molecular complexity index is 1230. The average molecular weight is 430 g/mol. The molecule has 0 radical (unpaired) electrons. The monoisotopic (exact) mass is 430 g/mol. The van der Waals surface area contributed by atoms with Gasteiger partial charge in [0.2, 0.25) is 0 Å². The molecule has 0 unspecified atom stereocenters. The molecule has 0 aliphatic rings. The number of ether oxygens (including phenoxy) is 1. The van der Waals surface area contributed by atoms with Crippen LogP contribution >= 0.6 is 0 Å². The zero-order valence-electron chi connectivity index (χ0n) is 18.0. The number of carbonyl (C=O) groups excluding carboxylic acids is 1. The van der Waals surface area contributed by atoms with E-state index < -0.39 is 10.8 Å². The van der Waals surface area contributed by atoms with Crippen LogP contribution in [-0.2, 0) is 11.3 Å². The van der Waals surface area contributed by atoms with Crippen molar-refractivity contribution >= 4 is 17.7 Å². The van der Waals surface area contributed by atoms with Gasteiger partial charge < -0.3 is 14.6 Å². The van der Waals surface area contributed by atoms with Crippen molar-refractivity contribution in [3.63, 3.8) is 0 Å². The van der Waals surface area contributed by atoms with Crippen LogP contribution in [0.5, 0.6) is 5.75 Å². The Morgan fingerprint density at radius 2 is 1.94 bits per heavy atom. The van der Waals surface area contributed by atoms with Crippen LogP contribution in [0.1, 0.15) is 22.5 Å². The minimum absolute atomic E-state index is 0.0114. The largest absolute Gasteiger partial charge is 0.497 e. The number of hydrogen-bond acceptors (Lipinski definition) is 5. The number of methoxy groups -OCH3 is 1. The highest BCUT2D eigenvalue weighted by Gasteiger charge is 2.15. The van der Waals surface area contributed by atoms with Gasteiger partial charge in [0.25, 0.3) is 11.6 Å². The van der Waals surface area contributed by atoms with Crippen molar-refractivity contribution in [2.45, 2.75) is 20.4 Å². The maximum absolute atomic E-state index is 12.6. The summed E-state index contributed by atoms with van der Waals surface area (Å²) >= 11 is 0. The van der Waals surface area contributed by atoms with Gasteiger partial charge in [0.1, 0.15) is 17.4 Å². The van der Waals surface area contributed by atoms with Crippen LogP contribution in [0.3, 0.4) is 0 Å². The van der Waals surface area contributed by atoms with E-state index >= 15 is 0 Å². The van der Waals surface area contributed by atoms with Crippen molar-refractivity contribution in [3.05, 3.63) is 92.8 Å². The summed E-state index contributed by atoms with van der Waals surface area (Å²) in [6, 6.07) is 17.4. The summed E-state index contributed by atoms with van der Waals surface area (Å²) in [5, 5.41) is 23.4. The highest BCUT2D eigenvalue weighted by atomic mass is 16.6. The molecule has 2 aromatic carbocycles. The molecule has 0 fully saturated rings. The zero-order chi connectivity index (χ0) is 23.3. The highest BCUT2D eigenvalue weighted by Crippen LogP contribution is 2.25. The lowest BCUT2D eigenvalue weighted by molar-refractivity contribution is -0.384. The topological polar surface area (TPSA) is 110 Å². The maximum atomic E-state index is 12.6. The van der Waals surface area contributed by atoms with E-state index in [1.54, 1.807) is 31.4 Å². The second-order valence-corrected chi connectivity index (χ2v) is 7.14. The van der Waals surface area contributed by atoms with E-state index in [1.165, 1.54) is 18.2 Å². The molecule has 3 aromatic rings. The fourth-order valence-corrected chi connectivity index (χ4v) is 3.40. The molecule has 0 aliphatic heterocycles. The normalized spacial score (nSPS) is 11.0. The molecule has 0 bridgehead atoms. The third-order valence-corrected chi connectivity index (χ3v) is 5.05. The van der Waals surface area contributed by atoms with Crippen LogP contribution < -0.4 is 10.1 Å². The third kappa shape index (κ3) is 4.84. The first-order chi connectivity index (χ1) is 15.3. The van der Waals surface area contributed by atoms with Gasteiger partial charge in [0, 0.05) is 30.1 Å². The Balaban J connectivity index is 1.83.